The Labute approximate surface area is 308 Å². The standard InChI is InChI=1S/C35H50N4O6.C2H4O2.Zn/c1-16-11-18(3)30(19(4)12-16)44-34(42)28-22(7)26(38-32(28)36-24(9)40)15-27-23(8)29(33(39-27)37-25(10)41)35(43)45-31-20(5)13-17(2)14-21(31)6;1-2(3)4;/h15-21,30-31H,11-14H2,1-10H3,(H3,36,37,38,39,40,41,42,43);1H3,(H,3,4);/p-1. The van der Waals surface area contributed by atoms with Crippen molar-refractivity contribution < 1.29 is 58.0 Å². The average molecular weight is 747 g/mol. The second-order valence-corrected chi connectivity index (χ2v) is 14.5. The molecule has 1 aliphatic heterocycles. The molecular weight excluding hydrogens is 694 g/mol. The van der Waals surface area contributed by atoms with Crippen molar-refractivity contribution in [1.29, 1.82) is 0 Å². The Kier molecular flexibility index (Phi) is 15.4. The van der Waals surface area contributed by atoms with E-state index in [0.717, 1.165) is 32.6 Å². The summed E-state index contributed by atoms with van der Waals surface area (Å²) in [6.45, 7) is 20.1. The molecule has 1 aromatic rings. The number of rotatable bonds is 6. The molecule has 0 saturated heterocycles. The number of carboxylic acid groups (broad SMARTS) is 1. The van der Waals surface area contributed by atoms with Crippen LogP contribution in [0.3, 0.4) is 0 Å². The van der Waals surface area contributed by atoms with Crippen LogP contribution in [0.25, 0.3) is 6.08 Å². The number of carbonyl (C=O) groups is 5. The fourth-order valence-electron chi connectivity index (χ4n) is 7.78. The topological polar surface area (TPSA) is 175 Å². The van der Waals surface area contributed by atoms with Crippen LogP contribution in [0.5, 0.6) is 0 Å². The van der Waals surface area contributed by atoms with Gasteiger partial charge < -0.3 is 30.2 Å². The van der Waals surface area contributed by atoms with Gasteiger partial charge in [-0.3, -0.25) is 14.4 Å². The number of amides is 2. The molecule has 4 unspecified atom stereocenters. The van der Waals surface area contributed by atoms with Crippen molar-refractivity contribution in [2.24, 2.45) is 40.5 Å². The molecule has 50 heavy (non-hydrogen) atoms. The van der Waals surface area contributed by atoms with Crippen LogP contribution in [0.4, 0.5) is 5.82 Å². The molecule has 3 N–H and O–H groups in total. The zero-order valence-corrected chi connectivity index (χ0v) is 34.4. The van der Waals surface area contributed by atoms with Gasteiger partial charge in [-0.1, -0.05) is 41.5 Å². The van der Waals surface area contributed by atoms with Crippen molar-refractivity contribution in [3.05, 3.63) is 33.7 Å². The van der Waals surface area contributed by atoms with Gasteiger partial charge in [0.1, 0.15) is 29.5 Å². The molecule has 2 amide bonds. The molecule has 0 spiro atoms. The zero-order chi connectivity index (χ0) is 36.9. The molecule has 2 fully saturated rings. The van der Waals surface area contributed by atoms with Crippen LogP contribution >= 0.6 is 0 Å². The second kappa shape index (κ2) is 18.1. The molecule has 2 aliphatic carbocycles. The number of esters is 2. The number of nitrogens with zero attached hydrogens (tertiary/aromatic N) is 2. The molecule has 12 nitrogen and oxygen atoms in total. The number of allylic oxidation sites excluding steroid dienone is 1. The molecule has 3 aliphatic rings. The number of carboxylic acids is 1. The zero-order valence-electron chi connectivity index (χ0n) is 31.4. The summed E-state index contributed by atoms with van der Waals surface area (Å²) >= 11 is 0. The Morgan fingerprint density at radius 1 is 0.760 bits per heavy atom. The van der Waals surface area contributed by atoms with E-state index in [9.17, 15) is 19.2 Å². The molecule has 0 radical (unpaired) electrons. The smallest absolute Gasteiger partial charge is 0.342 e. The first-order valence-corrected chi connectivity index (χ1v) is 17.2. The third-order valence-corrected chi connectivity index (χ3v) is 9.55. The summed E-state index contributed by atoms with van der Waals surface area (Å²) < 4.78 is 12.1. The predicted octanol–water partition coefficient (Wildman–Crippen LogP) is 6.05. The van der Waals surface area contributed by atoms with Gasteiger partial charge in [-0.05, 0) is 111 Å². The molecule has 2 saturated carbocycles. The molecular formula is C37H53N4O8Zn-. The van der Waals surface area contributed by atoms with Crippen LogP contribution in [0.1, 0.15) is 117 Å². The Morgan fingerprint density at radius 3 is 1.60 bits per heavy atom. The molecule has 0 aromatic carbocycles. The van der Waals surface area contributed by atoms with Crippen LogP contribution in [0.15, 0.2) is 21.8 Å². The van der Waals surface area contributed by atoms with Gasteiger partial charge in [0.05, 0.1) is 11.3 Å². The van der Waals surface area contributed by atoms with Crippen molar-refractivity contribution in [1.82, 2.24) is 10.3 Å². The fourth-order valence-corrected chi connectivity index (χ4v) is 7.78. The Hall–Kier alpha value is -3.60. The van der Waals surface area contributed by atoms with Crippen molar-refractivity contribution in [2.45, 2.75) is 114 Å². The molecule has 1 aromatic heterocycles. The van der Waals surface area contributed by atoms with E-state index in [0.29, 0.717) is 34.4 Å². The van der Waals surface area contributed by atoms with E-state index in [2.05, 4.69) is 62.2 Å². The van der Waals surface area contributed by atoms with E-state index in [1.165, 1.54) is 13.8 Å². The van der Waals surface area contributed by atoms with Gasteiger partial charge in [-0.15, -0.1) is 0 Å². The largest absolute Gasteiger partial charge is 0.481 e. The van der Waals surface area contributed by atoms with E-state index >= 15 is 0 Å². The van der Waals surface area contributed by atoms with Crippen molar-refractivity contribution >= 4 is 47.5 Å². The van der Waals surface area contributed by atoms with Crippen LogP contribution in [0, 0.1) is 42.4 Å². The van der Waals surface area contributed by atoms with Gasteiger partial charge in [0.15, 0.2) is 0 Å². The first-order valence-electron chi connectivity index (χ1n) is 17.2. The van der Waals surface area contributed by atoms with E-state index in [1.807, 2.05) is 0 Å². The van der Waals surface area contributed by atoms with E-state index in [1.54, 1.807) is 19.9 Å². The van der Waals surface area contributed by atoms with Crippen LogP contribution in [-0.2, 0) is 48.1 Å². The molecule has 4 rings (SSSR count). The monoisotopic (exact) mass is 745 g/mol. The Balaban J connectivity index is 0.00000164. The minimum absolute atomic E-state index is 0. The van der Waals surface area contributed by atoms with Gasteiger partial charge in [0.25, 0.3) is 5.97 Å². The third-order valence-electron chi connectivity index (χ3n) is 9.55. The normalized spacial score (nSPS) is 28.4. The summed E-state index contributed by atoms with van der Waals surface area (Å²) in [7, 11) is 0. The summed E-state index contributed by atoms with van der Waals surface area (Å²) in [5.41, 5.74) is 2.19. The Bertz CT molecular complexity index is 1530. The molecule has 272 valence electrons. The number of hydrogen-bond acceptors (Lipinski definition) is 8. The summed E-state index contributed by atoms with van der Waals surface area (Å²) in [6.07, 6.45) is 5.05. The first-order chi connectivity index (χ1) is 22.8. The molecule has 4 atom stereocenters. The van der Waals surface area contributed by atoms with Crippen molar-refractivity contribution in [2.75, 3.05) is 5.32 Å². The van der Waals surface area contributed by atoms with Gasteiger partial charge >= 0.3 is 11.9 Å². The molecule has 0 bridgehead atoms. The third kappa shape index (κ3) is 10.7. The van der Waals surface area contributed by atoms with Crippen molar-refractivity contribution in [3.63, 3.8) is 0 Å². The van der Waals surface area contributed by atoms with Crippen molar-refractivity contribution in [3.8, 4) is 0 Å². The predicted molar refractivity (Wildman–Crippen MR) is 187 cm³/mol. The number of aliphatic imine (C=N–C) groups is 1. The van der Waals surface area contributed by atoms with Crippen LogP contribution in [0.2, 0.25) is 0 Å². The van der Waals surface area contributed by atoms with Gasteiger partial charge in [0, 0.05) is 33.3 Å². The summed E-state index contributed by atoms with van der Waals surface area (Å²) in [6, 6.07) is 0. The maximum absolute atomic E-state index is 13.6. The number of hydrogen-bond donors (Lipinski definition) is 3. The van der Waals surface area contributed by atoms with Gasteiger partial charge in [-0.2, -0.15) is 0 Å². The van der Waals surface area contributed by atoms with Crippen LogP contribution in [-0.4, -0.2) is 52.9 Å². The number of aromatic nitrogens is 1. The first kappa shape index (κ1) is 42.6. The molecule has 13 heteroatoms. The number of anilines is 1. The number of aliphatic carboxylic acids is 1. The fraction of sp³-hybridized carbons (Fsp3) is 0.622. The SMILES string of the molecule is CC(=O)NC1=NC(=Cc2[n-]c(NC(C)=O)c(C(=O)OC3C(C)CC(C)CC3C)c2C)C(C)=C1C(=O)OC1C(C)CC(C)CC1C.CC(=O)O.[Zn]. The minimum atomic E-state index is -0.833. The number of ether oxygens (including phenoxy) is 2. The average Bonchev–Trinajstić information content (AvgIpc) is 3.41. The maximum Gasteiger partial charge on any atom is 0.342 e. The molecule has 2 heterocycles. The summed E-state index contributed by atoms with van der Waals surface area (Å²) in [5.74, 6) is -0.493. The summed E-state index contributed by atoms with van der Waals surface area (Å²) in [4.78, 5) is 69.6. The number of nitrogens with one attached hydrogen (secondary N) is 2. The van der Waals surface area contributed by atoms with E-state index < -0.39 is 17.9 Å². The second-order valence-electron chi connectivity index (χ2n) is 14.5. The maximum atomic E-state index is 13.6. The quantitative estimate of drug-likeness (QED) is 0.231. The van der Waals surface area contributed by atoms with Crippen LogP contribution < -0.4 is 15.6 Å². The minimum Gasteiger partial charge on any atom is -0.481 e. The van der Waals surface area contributed by atoms with E-state index in [-0.39, 0.29) is 90.0 Å². The van der Waals surface area contributed by atoms with Gasteiger partial charge in [0.2, 0.25) is 5.91 Å². The Morgan fingerprint density at radius 2 is 1.18 bits per heavy atom. The number of carbonyl (C=O) groups excluding carboxylic acids is 4. The summed E-state index contributed by atoms with van der Waals surface area (Å²) in [5, 5.41) is 12.8. The number of amidine groups is 1. The van der Waals surface area contributed by atoms with E-state index in [4.69, 9.17) is 19.4 Å². The van der Waals surface area contributed by atoms with Gasteiger partial charge in [-0.25, -0.2) is 14.6 Å².